The maximum atomic E-state index is 13.0. The van der Waals surface area contributed by atoms with Crippen molar-refractivity contribution in [3.63, 3.8) is 0 Å². The van der Waals surface area contributed by atoms with Gasteiger partial charge in [0.1, 0.15) is 5.69 Å². The van der Waals surface area contributed by atoms with Crippen molar-refractivity contribution in [3.8, 4) is 11.5 Å². The monoisotopic (exact) mass is 442 g/mol. The number of hydrogen-bond donors (Lipinski definition) is 0. The summed E-state index contributed by atoms with van der Waals surface area (Å²) in [5, 5.41) is 8.44. The number of ether oxygens (including phenoxy) is 1. The van der Waals surface area contributed by atoms with Crippen LogP contribution in [0.1, 0.15) is 17.3 Å². The van der Waals surface area contributed by atoms with Crippen molar-refractivity contribution >= 4 is 21.8 Å². The van der Waals surface area contributed by atoms with E-state index in [-0.39, 0.29) is 11.5 Å². The SMILES string of the molecule is CCOC(=O)c1ccc(S(=O)(=O)N2CCN(c3ccc(-c4ccco4)nn3)CC2)cc1. The third-order valence-electron chi connectivity index (χ3n) is 4.99. The van der Waals surface area contributed by atoms with Crippen LogP contribution in [-0.4, -0.2) is 61.7 Å². The zero-order valence-corrected chi connectivity index (χ0v) is 17.8. The second-order valence-electron chi connectivity index (χ2n) is 6.89. The standard InChI is InChI=1S/C21H22N4O5S/c1-2-29-21(26)16-5-7-17(8-6-16)31(27,28)25-13-11-24(12-14-25)20-10-9-18(22-23-20)19-4-3-15-30-19/h3-10,15H,2,11-14H2,1H3. The van der Waals surface area contributed by atoms with Gasteiger partial charge in [0.05, 0.1) is 23.3 Å². The summed E-state index contributed by atoms with van der Waals surface area (Å²) in [6, 6.07) is 13.1. The number of sulfonamides is 1. The Hall–Kier alpha value is -3.24. The molecule has 0 saturated carbocycles. The van der Waals surface area contributed by atoms with Crippen LogP contribution in [0.4, 0.5) is 5.82 Å². The molecule has 10 heteroatoms. The minimum absolute atomic E-state index is 0.150. The lowest BCUT2D eigenvalue weighted by Crippen LogP contribution is -2.49. The number of nitrogens with zero attached hydrogens (tertiary/aromatic N) is 4. The van der Waals surface area contributed by atoms with Crippen molar-refractivity contribution in [3.05, 3.63) is 60.4 Å². The topological polar surface area (TPSA) is 106 Å². The molecule has 4 rings (SSSR count). The first-order valence-electron chi connectivity index (χ1n) is 9.89. The number of rotatable bonds is 6. The van der Waals surface area contributed by atoms with E-state index in [1.165, 1.54) is 28.6 Å². The highest BCUT2D eigenvalue weighted by Crippen LogP contribution is 2.22. The van der Waals surface area contributed by atoms with Gasteiger partial charge in [-0.25, -0.2) is 13.2 Å². The third kappa shape index (κ3) is 4.44. The van der Waals surface area contributed by atoms with Gasteiger partial charge in [0.2, 0.25) is 10.0 Å². The summed E-state index contributed by atoms with van der Waals surface area (Å²) in [7, 11) is -3.65. The van der Waals surface area contributed by atoms with Gasteiger partial charge in [-0.05, 0) is 55.5 Å². The summed E-state index contributed by atoms with van der Waals surface area (Å²) in [6.07, 6.45) is 1.58. The number of anilines is 1. The number of carbonyl (C=O) groups is 1. The molecule has 1 saturated heterocycles. The molecule has 3 heterocycles. The van der Waals surface area contributed by atoms with Gasteiger partial charge in [0.15, 0.2) is 11.6 Å². The van der Waals surface area contributed by atoms with Crippen LogP contribution in [0.3, 0.4) is 0 Å². The normalized spacial score (nSPS) is 15.1. The van der Waals surface area contributed by atoms with Crippen LogP contribution in [0.25, 0.3) is 11.5 Å². The Labute approximate surface area is 180 Å². The zero-order chi connectivity index (χ0) is 21.8. The number of aromatic nitrogens is 2. The third-order valence-corrected chi connectivity index (χ3v) is 6.90. The average Bonchev–Trinajstić information content (AvgIpc) is 3.35. The predicted octanol–water partition coefficient (Wildman–Crippen LogP) is 2.42. The lowest BCUT2D eigenvalue weighted by Gasteiger charge is -2.34. The Morgan fingerprint density at radius 2 is 1.77 bits per heavy atom. The van der Waals surface area contributed by atoms with Gasteiger partial charge in [-0.3, -0.25) is 0 Å². The molecule has 0 aliphatic carbocycles. The molecule has 31 heavy (non-hydrogen) atoms. The largest absolute Gasteiger partial charge is 0.463 e. The van der Waals surface area contributed by atoms with E-state index >= 15 is 0 Å². The Morgan fingerprint density at radius 3 is 2.35 bits per heavy atom. The maximum absolute atomic E-state index is 13.0. The van der Waals surface area contributed by atoms with Crippen LogP contribution in [-0.2, 0) is 14.8 Å². The lowest BCUT2D eigenvalue weighted by molar-refractivity contribution is 0.0526. The van der Waals surface area contributed by atoms with Gasteiger partial charge in [0, 0.05) is 26.2 Å². The molecular weight excluding hydrogens is 420 g/mol. The molecule has 1 fully saturated rings. The number of piperazine rings is 1. The number of benzene rings is 1. The summed E-state index contributed by atoms with van der Waals surface area (Å²) < 4.78 is 37.6. The van der Waals surface area contributed by atoms with Crippen molar-refractivity contribution < 1.29 is 22.4 Å². The second kappa shape index (κ2) is 8.86. The fraction of sp³-hybridized carbons (Fsp3) is 0.286. The van der Waals surface area contributed by atoms with Gasteiger partial charge < -0.3 is 14.1 Å². The van der Waals surface area contributed by atoms with Gasteiger partial charge in [0.25, 0.3) is 0 Å². The van der Waals surface area contributed by atoms with Crippen LogP contribution < -0.4 is 4.90 Å². The minimum Gasteiger partial charge on any atom is -0.463 e. The fourth-order valence-corrected chi connectivity index (χ4v) is 4.76. The number of carbonyl (C=O) groups excluding carboxylic acids is 1. The van der Waals surface area contributed by atoms with Crippen LogP contribution >= 0.6 is 0 Å². The van der Waals surface area contributed by atoms with Crippen molar-refractivity contribution in [2.75, 3.05) is 37.7 Å². The Balaban J connectivity index is 1.40. The van der Waals surface area contributed by atoms with E-state index in [2.05, 4.69) is 10.2 Å². The molecule has 0 spiro atoms. The number of hydrogen-bond acceptors (Lipinski definition) is 8. The van der Waals surface area contributed by atoms with Crippen molar-refractivity contribution in [1.82, 2.24) is 14.5 Å². The van der Waals surface area contributed by atoms with Gasteiger partial charge in [-0.1, -0.05) is 0 Å². The maximum Gasteiger partial charge on any atom is 0.338 e. The molecule has 0 amide bonds. The molecule has 1 aromatic carbocycles. The minimum atomic E-state index is -3.65. The predicted molar refractivity (Wildman–Crippen MR) is 113 cm³/mol. The van der Waals surface area contributed by atoms with Crippen LogP contribution in [0, 0.1) is 0 Å². The molecule has 3 aromatic rings. The summed E-state index contributed by atoms with van der Waals surface area (Å²) in [4.78, 5) is 13.9. The molecule has 2 aromatic heterocycles. The first-order chi connectivity index (χ1) is 15.0. The highest BCUT2D eigenvalue weighted by Gasteiger charge is 2.29. The van der Waals surface area contributed by atoms with Crippen LogP contribution in [0.15, 0.2) is 64.1 Å². The summed E-state index contributed by atoms with van der Waals surface area (Å²) in [6.45, 7) is 3.62. The Bertz CT molecular complexity index is 1120. The van der Waals surface area contributed by atoms with Crippen molar-refractivity contribution in [2.45, 2.75) is 11.8 Å². The molecule has 0 atom stereocenters. The Kier molecular flexibility index (Phi) is 6.01. The quantitative estimate of drug-likeness (QED) is 0.536. The van der Waals surface area contributed by atoms with E-state index in [0.29, 0.717) is 49.0 Å². The molecule has 1 aliphatic rings. The molecule has 0 N–H and O–H groups in total. The number of furan rings is 1. The lowest BCUT2D eigenvalue weighted by atomic mass is 10.2. The smallest absolute Gasteiger partial charge is 0.338 e. The van der Waals surface area contributed by atoms with Crippen LogP contribution in [0.2, 0.25) is 0 Å². The average molecular weight is 442 g/mol. The first kappa shape index (κ1) is 21.0. The summed E-state index contributed by atoms with van der Waals surface area (Å²) in [5.74, 6) is 0.856. The van der Waals surface area contributed by atoms with Crippen molar-refractivity contribution in [1.29, 1.82) is 0 Å². The van der Waals surface area contributed by atoms with E-state index in [1.54, 1.807) is 19.3 Å². The van der Waals surface area contributed by atoms with Crippen molar-refractivity contribution in [2.24, 2.45) is 0 Å². The molecule has 0 unspecified atom stereocenters. The van der Waals surface area contributed by atoms with E-state index in [9.17, 15) is 13.2 Å². The molecule has 1 aliphatic heterocycles. The van der Waals surface area contributed by atoms with E-state index in [1.807, 2.05) is 23.1 Å². The second-order valence-corrected chi connectivity index (χ2v) is 8.83. The molecular formula is C21H22N4O5S. The van der Waals surface area contributed by atoms with E-state index < -0.39 is 16.0 Å². The Morgan fingerprint density at radius 1 is 1.03 bits per heavy atom. The van der Waals surface area contributed by atoms with Gasteiger partial charge >= 0.3 is 5.97 Å². The van der Waals surface area contributed by atoms with E-state index in [4.69, 9.17) is 9.15 Å². The molecule has 0 radical (unpaired) electrons. The molecule has 9 nitrogen and oxygen atoms in total. The van der Waals surface area contributed by atoms with Gasteiger partial charge in [-0.2, -0.15) is 4.31 Å². The molecule has 162 valence electrons. The summed E-state index contributed by atoms with van der Waals surface area (Å²) in [5.41, 5.74) is 0.961. The summed E-state index contributed by atoms with van der Waals surface area (Å²) >= 11 is 0. The highest BCUT2D eigenvalue weighted by molar-refractivity contribution is 7.89. The molecule has 0 bridgehead atoms. The first-order valence-corrected chi connectivity index (χ1v) is 11.3. The zero-order valence-electron chi connectivity index (χ0n) is 17.0. The van der Waals surface area contributed by atoms with Gasteiger partial charge in [-0.15, -0.1) is 10.2 Å². The fourth-order valence-electron chi connectivity index (χ4n) is 3.33. The van der Waals surface area contributed by atoms with Crippen LogP contribution in [0.5, 0.6) is 0 Å². The van der Waals surface area contributed by atoms with E-state index in [0.717, 1.165) is 0 Å². The highest BCUT2D eigenvalue weighted by atomic mass is 32.2. The number of esters is 1.